The molecule has 2 aromatic rings. The molecular weight excluding hydrogens is 572 g/mol. The Morgan fingerprint density at radius 2 is 1.87 bits per heavy atom. The van der Waals surface area contributed by atoms with Crippen LogP contribution in [0, 0.1) is 0 Å². The zero-order valence-corrected chi connectivity index (χ0v) is 26.0. The highest BCUT2D eigenvalue weighted by Gasteiger charge is 2.44. The van der Waals surface area contributed by atoms with Crippen molar-refractivity contribution in [3.63, 3.8) is 0 Å². The van der Waals surface area contributed by atoms with Gasteiger partial charge in [-0.05, 0) is 60.4 Å². The third-order valence-corrected chi connectivity index (χ3v) is 9.26. The summed E-state index contributed by atoms with van der Waals surface area (Å²) in [6.45, 7) is 2.67. The van der Waals surface area contributed by atoms with Gasteiger partial charge in [0.05, 0.1) is 30.6 Å². The van der Waals surface area contributed by atoms with Crippen molar-refractivity contribution in [1.82, 2.24) is 4.90 Å². The number of nitrogens with zero attached hydrogens (tertiary/aromatic N) is 2. The molecule has 0 saturated heterocycles. The number of aliphatic hydroxyl groups excluding tert-OH is 2. The summed E-state index contributed by atoms with van der Waals surface area (Å²) in [5.74, 6) is -0.294. The molecule has 0 bridgehead atoms. The molecule has 2 aromatic carbocycles. The highest BCUT2D eigenvalue weighted by atomic mass is 16.5. The summed E-state index contributed by atoms with van der Waals surface area (Å²) in [5.41, 5.74) is 17.7. The zero-order valence-electron chi connectivity index (χ0n) is 26.0. The van der Waals surface area contributed by atoms with E-state index in [9.17, 15) is 25.2 Å². The highest BCUT2D eigenvalue weighted by molar-refractivity contribution is 6.10. The first-order valence-electron chi connectivity index (χ1n) is 16.0. The molecular formula is C35H46N4O6. The number of fused-ring (bicyclic) bond motifs is 1. The van der Waals surface area contributed by atoms with Crippen LogP contribution in [0.4, 0.5) is 0 Å². The van der Waals surface area contributed by atoms with Crippen molar-refractivity contribution in [3.05, 3.63) is 76.6 Å². The van der Waals surface area contributed by atoms with Crippen molar-refractivity contribution >= 4 is 11.5 Å². The van der Waals surface area contributed by atoms with E-state index >= 15 is 0 Å². The van der Waals surface area contributed by atoms with Crippen LogP contribution >= 0.6 is 0 Å². The van der Waals surface area contributed by atoms with E-state index in [2.05, 4.69) is 18.3 Å². The zero-order chi connectivity index (χ0) is 32.1. The third kappa shape index (κ3) is 7.41. The molecule has 1 fully saturated rings. The van der Waals surface area contributed by atoms with Crippen molar-refractivity contribution in [3.8, 4) is 17.2 Å². The van der Waals surface area contributed by atoms with Gasteiger partial charge in [-0.3, -0.25) is 9.79 Å². The summed E-state index contributed by atoms with van der Waals surface area (Å²) in [6, 6.07) is 11.0. The summed E-state index contributed by atoms with van der Waals surface area (Å²) >= 11 is 0. The average molecular weight is 619 g/mol. The highest BCUT2D eigenvalue weighted by Crippen LogP contribution is 2.51. The lowest BCUT2D eigenvalue weighted by atomic mass is 9.70. The molecule has 45 heavy (non-hydrogen) atoms. The number of phenolic OH excluding ortho intramolecular Hbond substituents is 2. The first kappa shape index (κ1) is 32.7. The minimum atomic E-state index is -0.904. The van der Waals surface area contributed by atoms with Gasteiger partial charge in [-0.1, -0.05) is 50.5 Å². The van der Waals surface area contributed by atoms with E-state index < -0.39 is 18.4 Å². The number of aliphatic hydroxyl groups is 2. The minimum Gasteiger partial charge on any atom is -0.508 e. The number of hydrogen-bond acceptors (Lipinski definition) is 10. The predicted octanol–water partition coefficient (Wildman–Crippen LogP) is 4.20. The second kappa shape index (κ2) is 14.2. The summed E-state index contributed by atoms with van der Waals surface area (Å²) in [6.07, 6.45) is 8.11. The lowest BCUT2D eigenvalue weighted by molar-refractivity contribution is -0.121. The Labute approximate surface area is 264 Å². The normalized spacial score (nSPS) is 18.4. The van der Waals surface area contributed by atoms with E-state index in [-0.39, 0.29) is 60.9 Å². The Balaban J connectivity index is 1.22. The number of aryl methyl sites for hydroxylation is 1. The van der Waals surface area contributed by atoms with E-state index in [0.717, 1.165) is 49.0 Å². The van der Waals surface area contributed by atoms with Crippen molar-refractivity contribution in [2.45, 2.75) is 94.9 Å². The molecule has 0 spiro atoms. The molecule has 3 aliphatic rings. The van der Waals surface area contributed by atoms with Crippen LogP contribution in [0.3, 0.4) is 0 Å². The Bertz CT molecular complexity index is 1480. The van der Waals surface area contributed by atoms with Crippen LogP contribution in [0.15, 0.2) is 64.9 Å². The van der Waals surface area contributed by atoms with Gasteiger partial charge in [-0.25, -0.2) is 0 Å². The number of allylic oxidation sites excluding steroid dienone is 1. The molecule has 0 amide bonds. The number of aliphatic imine (C=N–C) groups is 1. The van der Waals surface area contributed by atoms with Gasteiger partial charge in [0.15, 0.2) is 18.2 Å². The molecule has 10 nitrogen and oxygen atoms in total. The molecule has 10 heteroatoms. The fourth-order valence-corrected chi connectivity index (χ4v) is 6.88. The maximum Gasteiger partial charge on any atom is 0.164 e. The Hall–Kier alpha value is -3.70. The van der Waals surface area contributed by atoms with Gasteiger partial charge in [-0.15, -0.1) is 0 Å². The SMILES string of the molecule is CCCC(O)CC(O)CC(=O)CCc1cc(OCN2C=C3C(C4(c5cccc(C(N)N)c5)CCCC4)=CN=C3C2)c(O)cc1O. The Kier molecular flexibility index (Phi) is 10.3. The van der Waals surface area contributed by atoms with Gasteiger partial charge in [-0.2, -0.15) is 0 Å². The summed E-state index contributed by atoms with van der Waals surface area (Å²) in [5, 5.41) is 40.9. The molecule has 242 valence electrons. The molecule has 1 saturated carbocycles. The maximum absolute atomic E-state index is 12.5. The van der Waals surface area contributed by atoms with E-state index in [1.807, 2.05) is 30.2 Å². The average Bonchev–Trinajstić information content (AvgIpc) is 3.73. The lowest BCUT2D eigenvalue weighted by Crippen LogP contribution is -2.27. The molecule has 2 atom stereocenters. The van der Waals surface area contributed by atoms with Crippen molar-refractivity contribution < 1.29 is 30.0 Å². The first-order chi connectivity index (χ1) is 21.6. The van der Waals surface area contributed by atoms with Crippen molar-refractivity contribution in [2.75, 3.05) is 13.3 Å². The van der Waals surface area contributed by atoms with Crippen LogP contribution in [-0.2, 0) is 16.6 Å². The summed E-state index contributed by atoms with van der Waals surface area (Å²) in [4.78, 5) is 19.2. The number of aromatic hydroxyl groups is 2. The summed E-state index contributed by atoms with van der Waals surface area (Å²) in [7, 11) is 0. The van der Waals surface area contributed by atoms with E-state index in [1.54, 1.807) is 6.07 Å². The molecule has 0 radical (unpaired) electrons. The smallest absolute Gasteiger partial charge is 0.164 e. The second-order valence-corrected chi connectivity index (χ2v) is 12.6. The van der Waals surface area contributed by atoms with Gasteiger partial charge in [0.1, 0.15) is 11.5 Å². The standard InChI is InChI=1S/C35H46N4O6/c1-2-6-25(40)15-27(42)16-26(41)10-9-22-14-33(32(44)17-31(22)43)45-21-39-19-28-29(18-38-30(28)20-39)35(11-3-4-12-35)24-8-5-7-23(13-24)34(36)37/h5,7-8,13-14,17-19,25,27,34,40,42-44H,2-4,6,9-12,15-16,20-21,36-37H2,1H3. The van der Waals surface area contributed by atoms with Crippen LogP contribution < -0.4 is 16.2 Å². The van der Waals surface area contributed by atoms with Gasteiger partial charge in [0, 0.05) is 42.3 Å². The number of ketones is 1. The quantitative estimate of drug-likeness (QED) is 0.160. The minimum absolute atomic E-state index is 0.0554. The largest absolute Gasteiger partial charge is 0.508 e. The Morgan fingerprint density at radius 1 is 1.09 bits per heavy atom. The number of Topliss-reactive ketones (excluding diaryl/α,β-unsaturated/α-hetero) is 1. The number of rotatable bonds is 15. The predicted molar refractivity (Wildman–Crippen MR) is 173 cm³/mol. The Morgan fingerprint density at radius 3 is 2.60 bits per heavy atom. The van der Waals surface area contributed by atoms with Crippen LogP contribution in [0.2, 0.25) is 0 Å². The van der Waals surface area contributed by atoms with Crippen LogP contribution in [0.5, 0.6) is 17.2 Å². The van der Waals surface area contributed by atoms with Crippen LogP contribution in [0.1, 0.15) is 87.6 Å². The third-order valence-electron chi connectivity index (χ3n) is 9.26. The van der Waals surface area contributed by atoms with Gasteiger partial charge >= 0.3 is 0 Å². The van der Waals surface area contributed by atoms with Crippen molar-refractivity contribution in [1.29, 1.82) is 0 Å². The number of nitrogens with two attached hydrogens (primary N) is 2. The summed E-state index contributed by atoms with van der Waals surface area (Å²) < 4.78 is 6.00. The number of hydrogen-bond donors (Lipinski definition) is 6. The number of benzene rings is 2. The fraction of sp³-hybridized carbons (Fsp3) is 0.486. The van der Waals surface area contributed by atoms with E-state index in [1.165, 1.54) is 17.2 Å². The topological polar surface area (TPSA) is 175 Å². The van der Waals surface area contributed by atoms with Crippen LogP contribution in [-0.4, -0.2) is 62.3 Å². The molecule has 8 N–H and O–H groups in total. The van der Waals surface area contributed by atoms with Gasteiger partial charge in [0.2, 0.25) is 0 Å². The molecule has 1 aliphatic carbocycles. The monoisotopic (exact) mass is 618 g/mol. The molecule has 2 aliphatic heterocycles. The lowest BCUT2D eigenvalue weighted by Gasteiger charge is -2.32. The van der Waals surface area contributed by atoms with Gasteiger partial charge in [0.25, 0.3) is 0 Å². The van der Waals surface area contributed by atoms with Crippen molar-refractivity contribution in [2.24, 2.45) is 16.5 Å². The molecule has 2 unspecified atom stereocenters. The van der Waals surface area contributed by atoms with E-state index in [0.29, 0.717) is 18.5 Å². The fourth-order valence-electron chi connectivity index (χ4n) is 6.88. The van der Waals surface area contributed by atoms with Gasteiger partial charge < -0.3 is 41.5 Å². The maximum atomic E-state index is 12.5. The first-order valence-corrected chi connectivity index (χ1v) is 16.0. The number of ether oxygens (including phenoxy) is 1. The number of carbonyl (C=O) groups excluding carboxylic acids is 1. The molecule has 2 heterocycles. The number of carbonyl (C=O) groups is 1. The van der Waals surface area contributed by atoms with Crippen LogP contribution in [0.25, 0.3) is 0 Å². The molecule has 5 rings (SSSR count). The number of phenols is 2. The van der Waals surface area contributed by atoms with E-state index in [4.69, 9.17) is 21.2 Å². The molecule has 0 aromatic heterocycles. The second-order valence-electron chi connectivity index (χ2n) is 12.6.